The molecule has 1 aromatic rings. The van der Waals surface area contributed by atoms with Gasteiger partial charge in [0.2, 0.25) is 0 Å². The molecule has 1 fully saturated rings. The molecule has 3 nitrogen and oxygen atoms in total. The van der Waals surface area contributed by atoms with E-state index in [4.69, 9.17) is 9.47 Å². The van der Waals surface area contributed by atoms with E-state index in [0.717, 1.165) is 76.0 Å². The molecule has 2 aliphatic heterocycles. The van der Waals surface area contributed by atoms with E-state index in [9.17, 15) is 0 Å². The average molecular weight is 507 g/mol. The third-order valence-corrected chi connectivity index (χ3v) is 9.44. The Morgan fingerprint density at radius 3 is 2.55 bits per heavy atom. The molecule has 1 atom stereocenters. The van der Waals surface area contributed by atoms with Crippen molar-refractivity contribution in [3.63, 3.8) is 0 Å². The molecule has 0 N–H and O–H groups in total. The lowest BCUT2D eigenvalue weighted by Crippen LogP contribution is -2.34. The first-order chi connectivity index (χ1) is 18.7. The van der Waals surface area contributed by atoms with E-state index in [-0.39, 0.29) is 6.10 Å². The van der Waals surface area contributed by atoms with Gasteiger partial charge in [-0.25, -0.2) is 4.58 Å². The van der Waals surface area contributed by atoms with Gasteiger partial charge in [0, 0.05) is 12.0 Å². The minimum atomic E-state index is 0.205. The van der Waals surface area contributed by atoms with Gasteiger partial charge in [-0.05, 0) is 123 Å². The van der Waals surface area contributed by atoms with Crippen LogP contribution in [-0.4, -0.2) is 29.5 Å². The van der Waals surface area contributed by atoms with Gasteiger partial charge in [0.15, 0.2) is 5.71 Å². The SMILES string of the molecule is CC[N+](CC)=C1CCC2=CC3=C(OC2C1)/C(=C/C1=C2OC4=C(C=C2CCC1)CCc1ccccc14)CCC3. The molecule has 6 aliphatic rings. The van der Waals surface area contributed by atoms with Gasteiger partial charge in [0.25, 0.3) is 0 Å². The quantitative estimate of drug-likeness (QED) is 0.386. The molecule has 0 spiro atoms. The Kier molecular flexibility index (Phi) is 6.26. The van der Waals surface area contributed by atoms with E-state index >= 15 is 0 Å². The summed E-state index contributed by atoms with van der Waals surface area (Å²) in [5.74, 6) is 3.39. The van der Waals surface area contributed by atoms with Gasteiger partial charge < -0.3 is 9.47 Å². The largest absolute Gasteiger partial charge is 0.485 e. The number of rotatable bonds is 3. The van der Waals surface area contributed by atoms with Gasteiger partial charge in [-0.3, -0.25) is 0 Å². The molecule has 196 valence electrons. The highest BCUT2D eigenvalue weighted by atomic mass is 16.5. The number of fused-ring (bicyclic) bond motifs is 4. The van der Waals surface area contributed by atoms with Crippen molar-refractivity contribution in [3.8, 4) is 0 Å². The first-order valence-corrected chi connectivity index (χ1v) is 15.1. The van der Waals surface area contributed by atoms with Crippen LogP contribution in [-0.2, 0) is 15.9 Å². The Balaban J connectivity index is 1.23. The van der Waals surface area contributed by atoms with Crippen molar-refractivity contribution in [1.29, 1.82) is 0 Å². The number of aryl methyl sites for hydroxylation is 1. The summed E-state index contributed by atoms with van der Waals surface area (Å²) >= 11 is 0. The number of hydrogen-bond acceptors (Lipinski definition) is 2. The highest BCUT2D eigenvalue weighted by Gasteiger charge is 2.35. The lowest BCUT2D eigenvalue weighted by Gasteiger charge is -2.35. The summed E-state index contributed by atoms with van der Waals surface area (Å²) in [6, 6.07) is 8.78. The summed E-state index contributed by atoms with van der Waals surface area (Å²) < 4.78 is 16.3. The maximum Gasteiger partial charge on any atom is 0.156 e. The van der Waals surface area contributed by atoms with Crippen molar-refractivity contribution in [3.05, 3.63) is 98.6 Å². The summed E-state index contributed by atoms with van der Waals surface area (Å²) in [4.78, 5) is 0. The Labute approximate surface area is 227 Å². The molecule has 0 radical (unpaired) electrons. The smallest absolute Gasteiger partial charge is 0.156 e. The highest BCUT2D eigenvalue weighted by Crippen LogP contribution is 2.46. The normalized spacial score (nSPS) is 25.4. The summed E-state index contributed by atoms with van der Waals surface area (Å²) in [7, 11) is 0. The Morgan fingerprint density at radius 2 is 1.66 bits per heavy atom. The molecule has 0 aromatic heterocycles. The zero-order valence-electron chi connectivity index (χ0n) is 23.1. The topological polar surface area (TPSA) is 21.5 Å². The molecule has 0 saturated heterocycles. The van der Waals surface area contributed by atoms with Gasteiger partial charge in [0.1, 0.15) is 36.5 Å². The van der Waals surface area contributed by atoms with Gasteiger partial charge in [-0.1, -0.05) is 30.3 Å². The number of ether oxygens (including phenoxy) is 2. The van der Waals surface area contributed by atoms with Gasteiger partial charge in [-0.15, -0.1) is 0 Å². The van der Waals surface area contributed by atoms with E-state index in [2.05, 4.69) is 60.9 Å². The predicted molar refractivity (Wildman–Crippen MR) is 154 cm³/mol. The van der Waals surface area contributed by atoms with E-state index in [0.29, 0.717) is 0 Å². The fourth-order valence-corrected chi connectivity index (χ4v) is 7.44. The molecule has 0 amide bonds. The molecule has 1 aromatic carbocycles. The van der Waals surface area contributed by atoms with Crippen LogP contribution in [0.2, 0.25) is 0 Å². The maximum absolute atomic E-state index is 6.89. The number of nitrogens with zero attached hydrogens (tertiary/aromatic N) is 1. The average Bonchev–Trinajstić information content (AvgIpc) is 2.96. The van der Waals surface area contributed by atoms with Crippen LogP contribution in [0.15, 0.2) is 87.5 Å². The molecule has 1 saturated carbocycles. The first-order valence-electron chi connectivity index (χ1n) is 15.1. The fourth-order valence-electron chi connectivity index (χ4n) is 7.44. The number of hydrogen-bond donors (Lipinski definition) is 0. The van der Waals surface area contributed by atoms with Crippen LogP contribution in [0.5, 0.6) is 0 Å². The summed E-state index contributed by atoms with van der Waals surface area (Å²) in [5, 5.41) is 0. The number of allylic oxidation sites excluding steroid dienone is 8. The number of benzene rings is 1. The van der Waals surface area contributed by atoms with E-state index in [1.54, 1.807) is 5.71 Å². The van der Waals surface area contributed by atoms with Crippen molar-refractivity contribution in [2.24, 2.45) is 0 Å². The van der Waals surface area contributed by atoms with Crippen LogP contribution in [0, 0.1) is 0 Å². The molecule has 1 unspecified atom stereocenters. The minimum absolute atomic E-state index is 0.205. The molecule has 0 bridgehead atoms. The van der Waals surface area contributed by atoms with Crippen LogP contribution >= 0.6 is 0 Å². The Hall–Kier alpha value is -3.07. The Morgan fingerprint density at radius 1 is 0.816 bits per heavy atom. The highest BCUT2D eigenvalue weighted by molar-refractivity contribution is 5.82. The molecule has 7 rings (SSSR count). The van der Waals surface area contributed by atoms with Gasteiger partial charge in [-0.2, -0.15) is 0 Å². The van der Waals surface area contributed by atoms with Crippen molar-refractivity contribution < 1.29 is 14.0 Å². The standard InChI is InChI=1S/C35H40NO2/c1-3-36(4-2)30-18-17-24-19-25-10-7-11-26(33(25)37-32(24)22-30)20-27-12-8-13-28-21-29-16-15-23-9-5-6-14-31(23)35(29)38-34(27)28/h5-6,9,14,19-21,32H,3-4,7-8,10-13,15-18,22H2,1-2H3/q+1/b26-20+. The molecular formula is C35H40NO2+. The summed E-state index contributed by atoms with van der Waals surface area (Å²) in [6.07, 6.45) is 20.0. The first kappa shape index (κ1) is 24.0. The molecule has 4 aliphatic carbocycles. The van der Waals surface area contributed by atoms with Crippen LogP contribution in [0.4, 0.5) is 0 Å². The third kappa shape index (κ3) is 4.15. The second-order valence-corrected chi connectivity index (χ2v) is 11.6. The van der Waals surface area contributed by atoms with Gasteiger partial charge >= 0.3 is 0 Å². The summed E-state index contributed by atoms with van der Waals surface area (Å²) in [6.45, 7) is 6.72. The van der Waals surface area contributed by atoms with Crippen molar-refractivity contribution in [2.45, 2.75) is 90.6 Å². The zero-order chi connectivity index (χ0) is 25.6. The van der Waals surface area contributed by atoms with Crippen molar-refractivity contribution in [2.75, 3.05) is 13.1 Å². The zero-order valence-corrected chi connectivity index (χ0v) is 23.1. The third-order valence-electron chi connectivity index (χ3n) is 9.44. The fraction of sp³-hybridized carbons (Fsp3) is 0.457. The van der Waals surface area contributed by atoms with E-state index in [1.807, 2.05) is 0 Å². The monoisotopic (exact) mass is 506 g/mol. The predicted octanol–water partition coefficient (Wildman–Crippen LogP) is 8.11. The molecule has 38 heavy (non-hydrogen) atoms. The second-order valence-electron chi connectivity index (χ2n) is 11.6. The maximum atomic E-state index is 6.89. The van der Waals surface area contributed by atoms with Crippen LogP contribution in [0.3, 0.4) is 0 Å². The molecular weight excluding hydrogens is 466 g/mol. The van der Waals surface area contributed by atoms with Crippen LogP contribution in [0.1, 0.15) is 89.2 Å². The lowest BCUT2D eigenvalue weighted by molar-refractivity contribution is -0.523. The summed E-state index contributed by atoms with van der Waals surface area (Å²) in [5.41, 5.74) is 12.7. The lowest BCUT2D eigenvalue weighted by atomic mass is 9.81. The van der Waals surface area contributed by atoms with Gasteiger partial charge in [0.05, 0.1) is 6.42 Å². The minimum Gasteiger partial charge on any atom is -0.485 e. The second kappa shape index (κ2) is 9.91. The van der Waals surface area contributed by atoms with Crippen LogP contribution < -0.4 is 0 Å². The van der Waals surface area contributed by atoms with Crippen molar-refractivity contribution in [1.82, 2.24) is 0 Å². The van der Waals surface area contributed by atoms with Crippen molar-refractivity contribution >= 4 is 11.5 Å². The Bertz CT molecular complexity index is 1400. The van der Waals surface area contributed by atoms with E-state index in [1.165, 1.54) is 69.6 Å². The molecule has 2 heterocycles. The van der Waals surface area contributed by atoms with E-state index < -0.39 is 0 Å². The van der Waals surface area contributed by atoms with Crippen LogP contribution in [0.25, 0.3) is 5.76 Å². The molecule has 3 heteroatoms.